The first-order valence-corrected chi connectivity index (χ1v) is 4.14. The molecule has 0 aliphatic rings. The molecule has 0 heterocycles. The standard InChI is InChI=1S/C7H6IN3/c1-5-3-2-4-6(7(5)8)10-11-9/h2-4H,1H3. The van der Waals surface area contributed by atoms with Gasteiger partial charge in [0.25, 0.3) is 0 Å². The zero-order chi connectivity index (χ0) is 8.27. The van der Waals surface area contributed by atoms with Crippen LogP contribution in [-0.2, 0) is 0 Å². The fourth-order valence-corrected chi connectivity index (χ4v) is 1.22. The molecular formula is C7H6IN3. The highest BCUT2D eigenvalue weighted by Gasteiger charge is 1.97. The highest BCUT2D eigenvalue weighted by molar-refractivity contribution is 14.1. The smallest absolute Gasteiger partial charge is 0.0511 e. The Bertz CT molecular complexity index is 315. The number of rotatable bonds is 1. The number of benzene rings is 1. The van der Waals surface area contributed by atoms with Crippen LogP contribution in [-0.4, -0.2) is 0 Å². The largest absolute Gasteiger partial charge is 0.0615 e. The molecule has 11 heavy (non-hydrogen) atoms. The van der Waals surface area contributed by atoms with Crippen LogP contribution in [0.25, 0.3) is 10.4 Å². The molecule has 56 valence electrons. The average Bonchev–Trinajstić information content (AvgIpc) is 1.99. The fraction of sp³-hybridized carbons (Fsp3) is 0.143. The molecule has 0 bridgehead atoms. The van der Waals surface area contributed by atoms with Crippen LogP contribution in [0.15, 0.2) is 23.3 Å². The minimum atomic E-state index is 0.702. The predicted octanol–water partition coefficient (Wildman–Crippen LogP) is 3.54. The van der Waals surface area contributed by atoms with Gasteiger partial charge >= 0.3 is 0 Å². The van der Waals surface area contributed by atoms with Crippen LogP contribution in [0, 0.1) is 10.5 Å². The van der Waals surface area contributed by atoms with Gasteiger partial charge in [-0.2, -0.15) is 0 Å². The first-order valence-electron chi connectivity index (χ1n) is 3.06. The SMILES string of the molecule is Cc1cccc(N=[N+]=[N-])c1I. The Hall–Kier alpha value is -0.740. The maximum Gasteiger partial charge on any atom is 0.0511 e. The third-order valence-electron chi connectivity index (χ3n) is 1.32. The van der Waals surface area contributed by atoms with Gasteiger partial charge in [-0.05, 0) is 40.6 Å². The highest BCUT2D eigenvalue weighted by atomic mass is 127. The van der Waals surface area contributed by atoms with Crippen molar-refractivity contribution < 1.29 is 0 Å². The monoisotopic (exact) mass is 259 g/mol. The second kappa shape index (κ2) is 3.59. The van der Waals surface area contributed by atoms with E-state index in [0.717, 1.165) is 9.13 Å². The summed E-state index contributed by atoms with van der Waals surface area (Å²) in [7, 11) is 0. The molecule has 1 rings (SSSR count). The van der Waals surface area contributed by atoms with Gasteiger partial charge in [-0.25, -0.2) is 0 Å². The third kappa shape index (κ3) is 1.85. The van der Waals surface area contributed by atoms with E-state index in [1.54, 1.807) is 6.07 Å². The molecule has 0 N–H and O–H groups in total. The van der Waals surface area contributed by atoms with Crippen LogP contribution in [0.3, 0.4) is 0 Å². The second-order valence-corrected chi connectivity index (χ2v) is 3.18. The molecule has 1 aromatic carbocycles. The minimum Gasteiger partial charge on any atom is -0.0615 e. The normalized spacial score (nSPS) is 8.91. The zero-order valence-electron chi connectivity index (χ0n) is 5.95. The topological polar surface area (TPSA) is 48.8 Å². The summed E-state index contributed by atoms with van der Waals surface area (Å²) in [6, 6.07) is 5.66. The van der Waals surface area contributed by atoms with E-state index in [0.29, 0.717) is 5.69 Å². The molecule has 3 nitrogen and oxygen atoms in total. The lowest BCUT2D eigenvalue weighted by molar-refractivity contribution is 1.37. The number of nitrogens with zero attached hydrogens (tertiary/aromatic N) is 3. The Labute approximate surface area is 78.2 Å². The Kier molecular flexibility index (Phi) is 2.73. The lowest BCUT2D eigenvalue weighted by atomic mass is 10.2. The lowest BCUT2D eigenvalue weighted by Crippen LogP contribution is -1.77. The van der Waals surface area contributed by atoms with E-state index in [-0.39, 0.29) is 0 Å². The summed E-state index contributed by atoms with van der Waals surface area (Å²) in [5.41, 5.74) is 10.0. The Morgan fingerprint density at radius 1 is 1.55 bits per heavy atom. The van der Waals surface area contributed by atoms with Gasteiger partial charge in [0.15, 0.2) is 0 Å². The van der Waals surface area contributed by atoms with Crippen molar-refractivity contribution in [1.82, 2.24) is 0 Å². The quantitative estimate of drug-likeness (QED) is 0.320. The van der Waals surface area contributed by atoms with Crippen molar-refractivity contribution in [3.8, 4) is 0 Å². The van der Waals surface area contributed by atoms with Gasteiger partial charge in [0, 0.05) is 8.48 Å². The molecule has 0 aliphatic heterocycles. The van der Waals surface area contributed by atoms with Crippen molar-refractivity contribution in [2.24, 2.45) is 5.11 Å². The molecule has 0 aromatic heterocycles. The summed E-state index contributed by atoms with van der Waals surface area (Å²) in [5, 5.41) is 3.54. The zero-order valence-corrected chi connectivity index (χ0v) is 8.11. The molecule has 4 heteroatoms. The van der Waals surface area contributed by atoms with E-state index < -0.39 is 0 Å². The van der Waals surface area contributed by atoms with Crippen molar-refractivity contribution in [3.05, 3.63) is 37.8 Å². The molecule has 0 fully saturated rings. The van der Waals surface area contributed by atoms with E-state index in [9.17, 15) is 0 Å². The first-order chi connectivity index (χ1) is 5.25. The first kappa shape index (κ1) is 8.36. The molecule has 0 aliphatic carbocycles. The van der Waals surface area contributed by atoms with E-state index in [1.165, 1.54) is 0 Å². The van der Waals surface area contributed by atoms with Gasteiger partial charge in [-0.3, -0.25) is 0 Å². The number of hydrogen-bond acceptors (Lipinski definition) is 1. The summed E-state index contributed by atoms with van der Waals surface area (Å²) < 4.78 is 1.02. The van der Waals surface area contributed by atoms with Crippen LogP contribution in [0.1, 0.15) is 5.56 Å². The summed E-state index contributed by atoms with van der Waals surface area (Å²) >= 11 is 2.16. The molecule has 0 radical (unpaired) electrons. The molecule has 0 atom stereocenters. The van der Waals surface area contributed by atoms with Crippen molar-refractivity contribution in [2.75, 3.05) is 0 Å². The van der Waals surface area contributed by atoms with Gasteiger partial charge in [0.2, 0.25) is 0 Å². The van der Waals surface area contributed by atoms with Crippen LogP contribution in [0.4, 0.5) is 5.69 Å². The summed E-state index contributed by atoms with van der Waals surface area (Å²) in [5.74, 6) is 0. The van der Waals surface area contributed by atoms with Gasteiger partial charge in [0.05, 0.1) is 5.69 Å². The van der Waals surface area contributed by atoms with E-state index >= 15 is 0 Å². The molecule has 0 saturated carbocycles. The summed E-state index contributed by atoms with van der Waals surface area (Å²) in [4.78, 5) is 2.73. The minimum absolute atomic E-state index is 0.702. The van der Waals surface area contributed by atoms with Crippen LogP contribution in [0.2, 0.25) is 0 Å². The van der Waals surface area contributed by atoms with E-state index in [4.69, 9.17) is 5.53 Å². The van der Waals surface area contributed by atoms with Gasteiger partial charge in [-0.1, -0.05) is 23.3 Å². The van der Waals surface area contributed by atoms with Gasteiger partial charge < -0.3 is 0 Å². The van der Waals surface area contributed by atoms with Crippen LogP contribution < -0.4 is 0 Å². The molecule has 0 unspecified atom stereocenters. The van der Waals surface area contributed by atoms with E-state index in [1.807, 2.05) is 19.1 Å². The summed E-state index contributed by atoms with van der Waals surface area (Å²) in [6.45, 7) is 1.98. The second-order valence-electron chi connectivity index (χ2n) is 2.10. The van der Waals surface area contributed by atoms with Crippen LogP contribution >= 0.6 is 22.6 Å². The van der Waals surface area contributed by atoms with Crippen molar-refractivity contribution in [1.29, 1.82) is 0 Å². The number of hydrogen-bond donors (Lipinski definition) is 0. The maximum absolute atomic E-state index is 8.19. The number of azide groups is 1. The molecule has 0 amide bonds. The maximum atomic E-state index is 8.19. The molecular weight excluding hydrogens is 253 g/mol. The van der Waals surface area contributed by atoms with Crippen LogP contribution in [0.5, 0.6) is 0 Å². The Morgan fingerprint density at radius 2 is 2.27 bits per heavy atom. The van der Waals surface area contributed by atoms with Crippen molar-refractivity contribution in [2.45, 2.75) is 6.92 Å². The van der Waals surface area contributed by atoms with E-state index in [2.05, 4.69) is 32.6 Å². The molecule has 0 spiro atoms. The van der Waals surface area contributed by atoms with Crippen molar-refractivity contribution >= 4 is 28.3 Å². The molecule has 0 saturated heterocycles. The predicted molar refractivity (Wildman–Crippen MR) is 52.7 cm³/mol. The molecule has 1 aromatic rings. The third-order valence-corrected chi connectivity index (χ3v) is 2.73. The highest BCUT2D eigenvalue weighted by Crippen LogP contribution is 2.23. The number of aryl methyl sites for hydroxylation is 1. The Balaban J connectivity index is 3.26. The average molecular weight is 259 g/mol. The fourth-order valence-electron chi connectivity index (χ4n) is 0.757. The van der Waals surface area contributed by atoms with Gasteiger partial charge in [0.1, 0.15) is 0 Å². The Morgan fingerprint density at radius 3 is 2.91 bits per heavy atom. The number of halogens is 1. The lowest BCUT2D eigenvalue weighted by Gasteiger charge is -1.98. The summed E-state index contributed by atoms with van der Waals surface area (Å²) in [6.07, 6.45) is 0. The van der Waals surface area contributed by atoms with Crippen molar-refractivity contribution in [3.63, 3.8) is 0 Å². The van der Waals surface area contributed by atoms with Gasteiger partial charge in [-0.15, -0.1) is 0 Å².